The third-order valence-corrected chi connectivity index (χ3v) is 4.62. The first-order valence-electron chi connectivity index (χ1n) is 9.10. The van der Waals surface area contributed by atoms with Gasteiger partial charge >= 0.3 is 0 Å². The summed E-state index contributed by atoms with van der Waals surface area (Å²) in [6.07, 6.45) is 15.7. The quantitative estimate of drug-likeness (QED) is 0.330. The van der Waals surface area contributed by atoms with Crippen LogP contribution >= 0.6 is 0 Å². The normalized spacial score (nSPS) is 16.3. The summed E-state index contributed by atoms with van der Waals surface area (Å²) in [6.45, 7) is 11.9. The molecular formula is C19H40. The van der Waals surface area contributed by atoms with Gasteiger partial charge in [0, 0.05) is 0 Å². The summed E-state index contributed by atoms with van der Waals surface area (Å²) < 4.78 is 0. The van der Waals surface area contributed by atoms with E-state index in [2.05, 4.69) is 34.6 Å². The van der Waals surface area contributed by atoms with Gasteiger partial charge in [-0.3, -0.25) is 0 Å². The summed E-state index contributed by atoms with van der Waals surface area (Å²) in [5.74, 6) is 2.86. The summed E-state index contributed by atoms with van der Waals surface area (Å²) >= 11 is 0. The summed E-state index contributed by atoms with van der Waals surface area (Å²) in [4.78, 5) is 0. The van der Waals surface area contributed by atoms with E-state index >= 15 is 0 Å². The highest BCUT2D eigenvalue weighted by Crippen LogP contribution is 2.22. The van der Waals surface area contributed by atoms with E-state index in [1.165, 1.54) is 70.6 Å². The Bertz CT molecular complexity index is 173. The summed E-state index contributed by atoms with van der Waals surface area (Å²) in [5.41, 5.74) is 0. The zero-order valence-corrected chi connectivity index (χ0v) is 14.5. The molecule has 0 aliphatic rings. The average Bonchev–Trinajstić information content (AvgIpc) is 2.36. The van der Waals surface area contributed by atoms with Crippen LogP contribution < -0.4 is 0 Å². The van der Waals surface area contributed by atoms with Crippen LogP contribution in [0.3, 0.4) is 0 Å². The Morgan fingerprint density at radius 1 is 0.474 bits per heavy atom. The van der Waals surface area contributed by atoms with Gasteiger partial charge in [-0.25, -0.2) is 0 Å². The monoisotopic (exact) mass is 268 g/mol. The standard InChI is InChI=1S/C19H40/c1-6-8-12-18(4)14-10-16-19(5)15-9-13-17(3)11-7-2/h17-19H,6-16H2,1-5H3. The molecule has 3 unspecified atom stereocenters. The van der Waals surface area contributed by atoms with E-state index in [9.17, 15) is 0 Å². The minimum atomic E-state index is 0.950. The van der Waals surface area contributed by atoms with Crippen molar-refractivity contribution in [1.82, 2.24) is 0 Å². The second-order valence-electron chi connectivity index (χ2n) is 7.11. The molecular weight excluding hydrogens is 228 g/mol. The highest BCUT2D eigenvalue weighted by molar-refractivity contribution is 4.60. The first-order chi connectivity index (χ1) is 9.10. The van der Waals surface area contributed by atoms with Gasteiger partial charge < -0.3 is 0 Å². The lowest BCUT2D eigenvalue weighted by Gasteiger charge is -2.15. The first-order valence-corrected chi connectivity index (χ1v) is 9.10. The van der Waals surface area contributed by atoms with Gasteiger partial charge in [-0.05, 0) is 17.8 Å². The Labute approximate surface area is 123 Å². The van der Waals surface area contributed by atoms with Gasteiger partial charge in [0.2, 0.25) is 0 Å². The molecule has 19 heavy (non-hydrogen) atoms. The Morgan fingerprint density at radius 2 is 0.842 bits per heavy atom. The predicted molar refractivity (Wildman–Crippen MR) is 89.6 cm³/mol. The van der Waals surface area contributed by atoms with Crippen LogP contribution in [0.15, 0.2) is 0 Å². The van der Waals surface area contributed by atoms with Crippen molar-refractivity contribution in [3.63, 3.8) is 0 Å². The van der Waals surface area contributed by atoms with Gasteiger partial charge in [0.1, 0.15) is 0 Å². The van der Waals surface area contributed by atoms with E-state index < -0.39 is 0 Å². The average molecular weight is 269 g/mol. The van der Waals surface area contributed by atoms with Gasteiger partial charge in [0.05, 0.1) is 0 Å². The van der Waals surface area contributed by atoms with Crippen LogP contribution in [-0.2, 0) is 0 Å². The molecule has 0 N–H and O–H groups in total. The van der Waals surface area contributed by atoms with Crippen molar-refractivity contribution in [2.75, 3.05) is 0 Å². The smallest absolute Gasteiger partial charge is 0.0443 e. The fourth-order valence-corrected chi connectivity index (χ4v) is 3.11. The molecule has 0 radical (unpaired) electrons. The molecule has 0 saturated heterocycles. The van der Waals surface area contributed by atoms with Crippen molar-refractivity contribution in [3.05, 3.63) is 0 Å². The molecule has 0 bridgehead atoms. The van der Waals surface area contributed by atoms with Gasteiger partial charge in [-0.15, -0.1) is 0 Å². The summed E-state index contributed by atoms with van der Waals surface area (Å²) in [5, 5.41) is 0. The molecule has 0 aliphatic carbocycles. The van der Waals surface area contributed by atoms with Crippen LogP contribution in [0.1, 0.15) is 105 Å². The van der Waals surface area contributed by atoms with Gasteiger partial charge in [-0.2, -0.15) is 0 Å². The lowest BCUT2D eigenvalue weighted by Crippen LogP contribution is -2.00. The van der Waals surface area contributed by atoms with Crippen LogP contribution in [0, 0.1) is 17.8 Å². The largest absolute Gasteiger partial charge is 0.0654 e. The highest BCUT2D eigenvalue weighted by atomic mass is 14.1. The molecule has 0 heteroatoms. The minimum Gasteiger partial charge on any atom is -0.0654 e. The number of unbranched alkanes of at least 4 members (excludes halogenated alkanes) is 1. The van der Waals surface area contributed by atoms with Gasteiger partial charge in [0.15, 0.2) is 0 Å². The molecule has 0 aromatic rings. The van der Waals surface area contributed by atoms with Crippen molar-refractivity contribution < 1.29 is 0 Å². The topological polar surface area (TPSA) is 0 Å². The molecule has 0 nitrogen and oxygen atoms in total. The molecule has 0 saturated carbocycles. The number of rotatable bonds is 13. The van der Waals surface area contributed by atoms with Crippen molar-refractivity contribution in [1.29, 1.82) is 0 Å². The van der Waals surface area contributed by atoms with Crippen LogP contribution in [0.25, 0.3) is 0 Å². The van der Waals surface area contributed by atoms with Crippen LogP contribution in [-0.4, -0.2) is 0 Å². The van der Waals surface area contributed by atoms with Crippen molar-refractivity contribution in [2.45, 2.75) is 105 Å². The fraction of sp³-hybridized carbons (Fsp3) is 1.00. The SMILES string of the molecule is CCCCC(C)CCCC(C)CCCC(C)CCC. The fourth-order valence-electron chi connectivity index (χ4n) is 3.11. The van der Waals surface area contributed by atoms with Crippen molar-refractivity contribution in [3.8, 4) is 0 Å². The molecule has 0 aromatic carbocycles. The van der Waals surface area contributed by atoms with Crippen LogP contribution in [0.5, 0.6) is 0 Å². The minimum absolute atomic E-state index is 0.950. The maximum absolute atomic E-state index is 2.46. The molecule has 0 aliphatic heterocycles. The molecule has 0 heterocycles. The van der Waals surface area contributed by atoms with Crippen LogP contribution in [0.4, 0.5) is 0 Å². The Balaban J connectivity index is 3.41. The molecule has 0 fully saturated rings. The van der Waals surface area contributed by atoms with E-state index in [0.29, 0.717) is 0 Å². The van der Waals surface area contributed by atoms with E-state index in [-0.39, 0.29) is 0 Å². The van der Waals surface area contributed by atoms with E-state index in [4.69, 9.17) is 0 Å². The molecule has 0 aromatic heterocycles. The number of hydrogen-bond acceptors (Lipinski definition) is 0. The first kappa shape index (κ1) is 19.0. The maximum atomic E-state index is 2.46. The van der Waals surface area contributed by atoms with Gasteiger partial charge in [-0.1, -0.05) is 105 Å². The molecule has 0 spiro atoms. The zero-order chi connectivity index (χ0) is 14.5. The Kier molecular flexibility index (Phi) is 13.0. The zero-order valence-electron chi connectivity index (χ0n) is 14.5. The Hall–Kier alpha value is 0. The lowest BCUT2D eigenvalue weighted by atomic mass is 9.91. The summed E-state index contributed by atoms with van der Waals surface area (Å²) in [7, 11) is 0. The third-order valence-electron chi connectivity index (χ3n) is 4.62. The number of hydrogen-bond donors (Lipinski definition) is 0. The van der Waals surface area contributed by atoms with Crippen molar-refractivity contribution in [2.24, 2.45) is 17.8 Å². The van der Waals surface area contributed by atoms with Crippen molar-refractivity contribution >= 4 is 0 Å². The second kappa shape index (κ2) is 13.0. The molecule has 3 atom stereocenters. The summed E-state index contributed by atoms with van der Waals surface area (Å²) in [6, 6.07) is 0. The molecule has 0 amide bonds. The van der Waals surface area contributed by atoms with Crippen LogP contribution in [0.2, 0.25) is 0 Å². The predicted octanol–water partition coefficient (Wildman–Crippen LogP) is 7.23. The Morgan fingerprint density at radius 3 is 1.21 bits per heavy atom. The second-order valence-corrected chi connectivity index (χ2v) is 7.11. The molecule has 0 rings (SSSR count). The maximum Gasteiger partial charge on any atom is -0.0443 e. The molecule has 116 valence electrons. The van der Waals surface area contributed by atoms with Gasteiger partial charge in [0.25, 0.3) is 0 Å². The van der Waals surface area contributed by atoms with E-state index in [1.807, 2.05) is 0 Å². The lowest BCUT2D eigenvalue weighted by molar-refractivity contribution is 0.379. The third kappa shape index (κ3) is 12.8. The van der Waals surface area contributed by atoms with E-state index in [0.717, 1.165) is 17.8 Å². The highest BCUT2D eigenvalue weighted by Gasteiger charge is 2.07. The van der Waals surface area contributed by atoms with E-state index in [1.54, 1.807) is 0 Å².